The first-order valence-corrected chi connectivity index (χ1v) is 7.48. The zero-order valence-electron chi connectivity index (χ0n) is 10.7. The third-order valence-corrected chi connectivity index (χ3v) is 3.87. The van der Waals surface area contributed by atoms with Crippen LogP contribution < -0.4 is 5.32 Å². The van der Waals surface area contributed by atoms with Gasteiger partial charge >= 0.3 is 0 Å². The van der Waals surface area contributed by atoms with Gasteiger partial charge in [0.2, 0.25) is 0 Å². The molecule has 1 N–H and O–H groups in total. The summed E-state index contributed by atoms with van der Waals surface area (Å²) >= 11 is 6.62. The van der Waals surface area contributed by atoms with E-state index >= 15 is 0 Å². The lowest BCUT2D eigenvalue weighted by atomic mass is 10.2. The molecule has 20 heavy (non-hydrogen) atoms. The molecule has 0 unspecified atom stereocenters. The highest BCUT2D eigenvalue weighted by atomic mass is 79.9. The Hall–Kier alpha value is -1.40. The molecule has 2 aromatic rings. The zero-order valence-corrected chi connectivity index (χ0v) is 13.9. The van der Waals surface area contributed by atoms with Crippen molar-refractivity contribution in [2.24, 2.45) is 0 Å². The van der Waals surface area contributed by atoms with Crippen LogP contribution in [0.25, 0.3) is 0 Å². The van der Waals surface area contributed by atoms with Crippen LogP contribution in [-0.2, 0) is 6.54 Å². The molecule has 0 atom stereocenters. The molecule has 6 heteroatoms. The van der Waals surface area contributed by atoms with Crippen molar-refractivity contribution in [1.82, 2.24) is 0 Å². The highest BCUT2D eigenvalue weighted by Gasteiger charge is 2.12. The van der Waals surface area contributed by atoms with Crippen LogP contribution in [0.15, 0.2) is 45.3 Å². The summed E-state index contributed by atoms with van der Waals surface area (Å²) in [7, 11) is 0. The van der Waals surface area contributed by atoms with Gasteiger partial charge in [0, 0.05) is 22.8 Å². The predicted molar refractivity (Wildman–Crippen MR) is 87.0 cm³/mol. The van der Waals surface area contributed by atoms with Crippen molar-refractivity contribution in [2.45, 2.75) is 13.5 Å². The summed E-state index contributed by atoms with van der Waals surface area (Å²) in [6, 6.07) is 11.1. The smallest absolute Gasteiger partial charge is 0.283 e. The average Bonchev–Trinajstić information content (AvgIpc) is 2.36. The van der Waals surface area contributed by atoms with Crippen LogP contribution in [0, 0.1) is 17.0 Å². The SMILES string of the molecule is Cc1cc(Br)cc(NCc2ccc(Br)c([N+](=O)[O-])c2)c1. The predicted octanol–water partition coefficient (Wildman–Crippen LogP) is 5.04. The molecule has 0 heterocycles. The Labute approximate surface area is 133 Å². The van der Waals surface area contributed by atoms with Crippen molar-refractivity contribution >= 4 is 43.2 Å². The molecule has 0 aliphatic rings. The van der Waals surface area contributed by atoms with Gasteiger partial charge in [0.25, 0.3) is 5.69 Å². The standard InChI is InChI=1S/C14H12Br2N2O2/c1-9-4-11(15)7-12(5-9)17-8-10-2-3-13(16)14(6-10)18(19)20/h2-7,17H,8H2,1H3. The molecule has 0 amide bonds. The normalized spacial score (nSPS) is 10.3. The Kier molecular flexibility index (Phi) is 4.77. The molecule has 0 bridgehead atoms. The van der Waals surface area contributed by atoms with Gasteiger partial charge in [-0.2, -0.15) is 0 Å². The summed E-state index contributed by atoms with van der Waals surface area (Å²) in [4.78, 5) is 10.5. The first-order valence-electron chi connectivity index (χ1n) is 5.89. The van der Waals surface area contributed by atoms with E-state index in [4.69, 9.17) is 0 Å². The molecule has 0 radical (unpaired) electrons. The zero-order chi connectivity index (χ0) is 14.7. The van der Waals surface area contributed by atoms with Gasteiger partial charge in [0.15, 0.2) is 0 Å². The fraction of sp³-hybridized carbons (Fsp3) is 0.143. The molecule has 0 saturated heterocycles. The molecular formula is C14H12Br2N2O2. The summed E-state index contributed by atoms with van der Waals surface area (Å²) in [5.41, 5.74) is 3.05. The third kappa shape index (κ3) is 3.80. The summed E-state index contributed by atoms with van der Waals surface area (Å²) in [5.74, 6) is 0. The number of nitro benzene ring substituents is 1. The van der Waals surface area contributed by atoms with Gasteiger partial charge in [-0.3, -0.25) is 10.1 Å². The molecule has 2 rings (SSSR count). The highest BCUT2D eigenvalue weighted by molar-refractivity contribution is 9.10. The Bertz CT molecular complexity index is 639. The number of nitrogens with one attached hydrogen (secondary N) is 1. The lowest BCUT2D eigenvalue weighted by molar-refractivity contribution is -0.385. The van der Waals surface area contributed by atoms with Gasteiger partial charge in [-0.05, 0) is 58.2 Å². The molecule has 0 spiro atoms. The second kappa shape index (κ2) is 6.37. The van der Waals surface area contributed by atoms with Crippen LogP contribution in [0.5, 0.6) is 0 Å². The summed E-state index contributed by atoms with van der Waals surface area (Å²) in [5, 5.41) is 14.1. The number of halogens is 2. The number of aryl methyl sites for hydroxylation is 1. The van der Waals surface area contributed by atoms with Crippen LogP contribution >= 0.6 is 31.9 Å². The van der Waals surface area contributed by atoms with Crippen molar-refractivity contribution in [3.05, 3.63) is 66.6 Å². The quantitative estimate of drug-likeness (QED) is 0.578. The Morgan fingerprint density at radius 1 is 1.20 bits per heavy atom. The molecule has 0 aromatic heterocycles. The van der Waals surface area contributed by atoms with Gasteiger partial charge in [-0.15, -0.1) is 0 Å². The lowest BCUT2D eigenvalue weighted by Crippen LogP contribution is -2.01. The van der Waals surface area contributed by atoms with Gasteiger partial charge in [0.1, 0.15) is 0 Å². The molecule has 104 valence electrons. The van der Waals surface area contributed by atoms with Crippen LogP contribution in [0.2, 0.25) is 0 Å². The monoisotopic (exact) mass is 398 g/mol. The lowest BCUT2D eigenvalue weighted by Gasteiger charge is -2.08. The minimum Gasteiger partial charge on any atom is -0.381 e. The Balaban J connectivity index is 2.14. The van der Waals surface area contributed by atoms with Crippen LogP contribution in [-0.4, -0.2) is 4.92 Å². The fourth-order valence-corrected chi connectivity index (χ4v) is 2.85. The molecule has 0 aliphatic carbocycles. The average molecular weight is 400 g/mol. The van der Waals surface area contributed by atoms with Gasteiger partial charge < -0.3 is 5.32 Å². The number of hydrogen-bond acceptors (Lipinski definition) is 3. The van der Waals surface area contributed by atoms with Crippen molar-refractivity contribution in [1.29, 1.82) is 0 Å². The largest absolute Gasteiger partial charge is 0.381 e. The molecule has 0 saturated carbocycles. The van der Waals surface area contributed by atoms with Gasteiger partial charge in [0.05, 0.1) is 9.40 Å². The summed E-state index contributed by atoms with van der Waals surface area (Å²) in [6.45, 7) is 2.55. The summed E-state index contributed by atoms with van der Waals surface area (Å²) in [6.07, 6.45) is 0. The van der Waals surface area contributed by atoms with E-state index in [1.165, 1.54) is 0 Å². The van der Waals surface area contributed by atoms with E-state index in [-0.39, 0.29) is 5.69 Å². The van der Waals surface area contributed by atoms with Gasteiger partial charge in [-0.25, -0.2) is 0 Å². The molecule has 4 nitrogen and oxygen atoms in total. The molecule has 0 fully saturated rings. The van der Waals surface area contributed by atoms with Crippen LogP contribution in [0.4, 0.5) is 11.4 Å². The minimum absolute atomic E-state index is 0.0784. The van der Waals surface area contributed by atoms with Crippen molar-refractivity contribution in [3.63, 3.8) is 0 Å². The Morgan fingerprint density at radius 3 is 2.60 bits per heavy atom. The first kappa shape index (κ1) is 15.0. The van der Waals surface area contributed by atoms with Crippen LogP contribution in [0.1, 0.15) is 11.1 Å². The number of benzene rings is 2. The van der Waals surface area contributed by atoms with Gasteiger partial charge in [-0.1, -0.05) is 22.0 Å². The summed E-state index contributed by atoms with van der Waals surface area (Å²) < 4.78 is 1.49. The minimum atomic E-state index is -0.392. The van der Waals surface area contributed by atoms with E-state index in [1.807, 2.05) is 31.2 Å². The highest BCUT2D eigenvalue weighted by Crippen LogP contribution is 2.26. The second-order valence-corrected chi connectivity index (χ2v) is 6.18. The van der Waals surface area contributed by atoms with E-state index in [9.17, 15) is 10.1 Å². The van der Waals surface area contributed by atoms with Crippen molar-refractivity contribution in [2.75, 3.05) is 5.32 Å². The first-order chi connectivity index (χ1) is 9.45. The number of nitro groups is 1. The maximum absolute atomic E-state index is 10.9. The van der Waals surface area contributed by atoms with Crippen molar-refractivity contribution < 1.29 is 4.92 Å². The molecule has 0 aliphatic heterocycles. The number of nitrogens with zero attached hydrogens (tertiary/aromatic N) is 1. The molecule has 2 aromatic carbocycles. The van der Waals surface area contributed by atoms with E-state index in [0.717, 1.165) is 21.3 Å². The van der Waals surface area contributed by atoms with E-state index in [2.05, 4.69) is 37.2 Å². The molecular weight excluding hydrogens is 388 g/mol. The maximum Gasteiger partial charge on any atom is 0.283 e. The van der Waals surface area contributed by atoms with E-state index in [0.29, 0.717) is 11.0 Å². The van der Waals surface area contributed by atoms with Crippen LogP contribution in [0.3, 0.4) is 0 Å². The van der Waals surface area contributed by atoms with Crippen molar-refractivity contribution in [3.8, 4) is 0 Å². The number of hydrogen-bond donors (Lipinski definition) is 1. The fourth-order valence-electron chi connectivity index (χ4n) is 1.85. The maximum atomic E-state index is 10.9. The Morgan fingerprint density at radius 2 is 1.95 bits per heavy atom. The number of anilines is 1. The second-order valence-electron chi connectivity index (χ2n) is 4.41. The topological polar surface area (TPSA) is 55.2 Å². The number of rotatable bonds is 4. The third-order valence-electron chi connectivity index (χ3n) is 2.75. The van der Waals surface area contributed by atoms with E-state index in [1.54, 1.807) is 12.1 Å². The van der Waals surface area contributed by atoms with E-state index < -0.39 is 4.92 Å².